The zero-order valence-electron chi connectivity index (χ0n) is 21.5. The predicted molar refractivity (Wildman–Crippen MR) is 142 cm³/mol. The molecule has 2 aromatic heterocycles. The number of anilines is 1. The van der Waals surface area contributed by atoms with Gasteiger partial charge in [-0.3, -0.25) is 9.69 Å². The van der Waals surface area contributed by atoms with E-state index in [2.05, 4.69) is 65.9 Å². The van der Waals surface area contributed by atoms with Gasteiger partial charge in [0.2, 0.25) is 11.8 Å². The van der Waals surface area contributed by atoms with E-state index < -0.39 is 0 Å². The summed E-state index contributed by atoms with van der Waals surface area (Å²) in [6.45, 7) is 13.1. The number of primary amides is 1. The zero-order chi connectivity index (χ0) is 25.4. The maximum absolute atomic E-state index is 11.3. The molecule has 188 valence electrons. The van der Waals surface area contributed by atoms with Crippen LogP contribution < -0.4 is 10.6 Å². The molecule has 0 unspecified atom stereocenters. The SMILES string of the molecule is Cc1nc(CN2CCN(c3cccc4oc(-c5ccc(C(C)(C)C)cc5)nc34)CC2)cn1CC(N)=O. The standard InChI is InChI=1S/C28H34N6O2/c1-19-30-22(17-34(19)18-25(29)35)16-32-12-14-33(15-13-32)23-6-5-7-24-26(23)31-27(36-24)20-8-10-21(11-9-20)28(2,3)4/h5-11,17H,12-16,18H2,1-4H3,(H2,29,35). The van der Waals surface area contributed by atoms with Gasteiger partial charge in [-0.2, -0.15) is 0 Å². The van der Waals surface area contributed by atoms with Crippen LogP contribution in [0.2, 0.25) is 0 Å². The molecular formula is C28H34N6O2. The van der Waals surface area contributed by atoms with Crippen LogP contribution in [-0.2, 0) is 23.3 Å². The normalized spacial score (nSPS) is 15.1. The lowest BCUT2D eigenvalue weighted by atomic mass is 9.87. The first-order valence-corrected chi connectivity index (χ1v) is 12.5. The molecule has 0 radical (unpaired) electrons. The molecule has 3 heterocycles. The molecular weight excluding hydrogens is 452 g/mol. The smallest absolute Gasteiger partial charge is 0.237 e. The van der Waals surface area contributed by atoms with Crippen LogP contribution in [0, 0.1) is 6.92 Å². The molecule has 0 bridgehead atoms. The number of carbonyl (C=O) groups is 1. The second kappa shape index (κ2) is 9.43. The monoisotopic (exact) mass is 486 g/mol. The minimum atomic E-state index is -0.359. The predicted octanol–water partition coefficient (Wildman–Crippen LogP) is 4.10. The number of piperazine rings is 1. The van der Waals surface area contributed by atoms with E-state index in [1.807, 2.05) is 29.8 Å². The number of hydrogen-bond acceptors (Lipinski definition) is 6. The number of nitrogens with two attached hydrogens (primary N) is 1. The maximum atomic E-state index is 11.3. The van der Waals surface area contributed by atoms with Crippen LogP contribution in [0.3, 0.4) is 0 Å². The van der Waals surface area contributed by atoms with Gasteiger partial charge in [0, 0.05) is 44.5 Å². The average molecular weight is 487 g/mol. The Morgan fingerprint density at radius 1 is 1.03 bits per heavy atom. The number of carbonyl (C=O) groups excluding carboxylic acids is 1. The highest BCUT2D eigenvalue weighted by Gasteiger charge is 2.22. The molecule has 1 aliphatic rings. The fourth-order valence-corrected chi connectivity index (χ4v) is 4.78. The Kier molecular flexibility index (Phi) is 6.30. The van der Waals surface area contributed by atoms with Crippen molar-refractivity contribution >= 4 is 22.7 Å². The fraction of sp³-hybridized carbons (Fsp3) is 0.393. The van der Waals surface area contributed by atoms with E-state index in [0.717, 1.165) is 66.6 Å². The quantitative estimate of drug-likeness (QED) is 0.441. The van der Waals surface area contributed by atoms with Gasteiger partial charge in [-0.15, -0.1) is 0 Å². The lowest BCUT2D eigenvalue weighted by Crippen LogP contribution is -2.46. The first kappa shape index (κ1) is 24.1. The first-order valence-electron chi connectivity index (χ1n) is 12.5. The van der Waals surface area contributed by atoms with Crippen molar-refractivity contribution in [2.45, 2.75) is 46.2 Å². The summed E-state index contributed by atoms with van der Waals surface area (Å²) in [5, 5.41) is 0. The van der Waals surface area contributed by atoms with Crippen molar-refractivity contribution in [3.63, 3.8) is 0 Å². The summed E-state index contributed by atoms with van der Waals surface area (Å²) in [4.78, 5) is 25.5. The van der Waals surface area contributed by atoms with Gasteiger partial charge in [-0.1, -0.05) is 39.0 Å². The summed E-state index contributed by atoms with van der Waals surface area (Å²) in [6.07, 6.45) is 1.93. The number of hydrogen-bond donors (Lipinski definition) is 1. The van der Waals surface area contributed by atoms with E-state index in [9.17, 15) is 4.79 Å². The Morgan fingerprint density at radius 3 is 2.42 bits per heavy atom. The largest absolute Gasteiger partial charge is 0.436 e. The van der Waals surface area contributed by atoms with Gasteiger partial charge in [0.05, 0.1) is 11.4 Å². The van der Waals surface area contributed by atoms with Crippen molar-refractivity contribution < 1.29 is 9.21 Å². The van der Waals surface area contributed by atoms with E-state index in [1.165, 1.54) is 5.56 Å². The summed E-state index contributed by atoms with van der Waals surface area (Å²) >= 11 is 0. The molecule has 1 saturated heterocycles. The summed E-state index contributed by atoms with van der Waals surface area (Å²) in [7, 11) is 0. The van der Waals surface area contributed by atoms with Crippen LogP contribution in [-0.4, -0.2) is 51.5 Å². The minimum Gasteiger partial charge on any atom is -0.436 e. The molecule has 4 aromatic rings. The second-order valence-corrected chi connectivity index (χ2v) is 10.6. The number of para-hydroxylation sites is 1. The van der Waals surface area contributed by atoms with Gasteiger partial charge in [0.25, 0.3) is 0 Å². The number of aryl methyl sites for hydroxylation is 1. The summed E-state index contributed by atoms with van der Waals surface area (Å²) in [6, 6.07) is 14.6. The Morgan fingerprint density at radius 2 is 1.75 bits per heavy atom. The number of fused-ring (bicyclic) bond motifs is 1. The molecule has 8 heteroatoms. The summed E-state index contributed by atoms with van der Waals surface area (Å²) in [5.41, 5.74) is 11.5. The molecule has 5 rings (SSSR count). The van der Waals surface area contributed by atoms with Crippen molar-refractivity contribution in [1.29, 1.82) is 0 Å². The van der Waals surface area contributed by atoms with Gasteiger partial charge >= 0.3 is 0 Å². The van der Waals surface area contributed by atoms with Crippen molar-refractivity contribution in [2.75, 3.05) is 31.1 Å². The first-order chi connectivity index (χ1) is 17.2. The van der Waals surface area contributed by atoms with Crippen LogP contribution in [0.1, 0.15) is 37.9 Å². The van der Waals surface area contributed by atoms with Crippen molar-refractivity contribution in [3.05, 3.63) is 65.7 Å². The molecule has 0 spiro atoms. The molecule has 8 nitrogen and oxygen atoms in total. The highest BCUT2D eigenvalue weighted by molar-refractivity contribution is 5.89. The Balaban J connectivity index is 1.28. The highest BCUT2D eigenvalue weighted by Crippen LogP contribution is 2.32. The highest BCUT2D eigenvalue weighted by atomic mass is 16.3. The van der Waals surface area contributed by atoms with Crippen LogP contribution in [0.15, 0.2) is 53.1 Å². The van der Waals surface area contributed by atoms with Crippen LogP contribution in [0.5, 0.6) is 0 Å². The Bertz CT molecular complexity index is 1370. The molecule has 1 fully saturated rings. The lowest BCUT2D eigenvalue weighted by Gasteiger charge is -2.35. The van der Waals surface area contributed by atoms with Gasteiger partial charge < -0.3 is 19.6 Å². The maximum Gasteiger partial charge on any atom is 0.237 e. The number of aromatic nitrogens is 3. The van der Waals surface area contributed by atoms with E-state index >= 15 is 0 Å². The average Bonchev–Trinajstić information content (AvgIpc) is 3.42. The third-order valence-electron chi connectivity index (χ3n) is 6.85. The molecule has 1 aliphatic heterocycles. The van der Waals surface area contributed by atoms with E-state index in [-0.39, 0.29) is 17.9 Å². The van der Waals surface area contributed by atoms with Gasteiger partial charge in [0.15, 0.2) is 5.58 Å². The second-order valence-electron chi connectivity index (χ2n) is 10.6. The zero-order valence-corrected chi connectivity index (χ0v) is 21.5. The van der Waals surface area contributed by atoms with Crippen LogP contribution >= 0.6 is 0 Å². The lowest BCUT2D eigenvalue weighted by molar-refractivity contribution is -0.118. The van der Waals surface area contributed by atoms with Crippen molar-refractivity contribution in [2.24, 2.45) is 5.73 Å². The van der Waals surface area contributed by atoms with Crippen LogP contribution in [0.25, 0.3) is 22.6 Å². The molecule has 2 N–H and O–H groups in total. The topological polar surface area (TPSA) is 93.4 Å². The third-order valence-corrected chi connectivity index (χ3v) is 6.85. The fourth-order valence-electron chi connectivity index (χ4n) is 4.78. The summed E-state index contributed by atoms with van der Waals surface area (Å²) in [5.74, 6) is 1.10. The number of benzene rings is 2. The number of imidazole rings is 1. The molecule has 0 aliphatic carbocycles. The van der Waals surface area contributed by atoms with E-state index in [4.69, 9.17) is 15.1 Å². The Hall–Kier alpha value is -3.65. The number of amides is 1. The number of oxazole rings is 1. The minimum absolute atomic E-state index is 0.109. The number of nitrogens with zero attached hydrogens (tertiary/aromatic N) is 5. The summed E-state index contributed by atoms with van der Waals surface area (Å²) < 4.78 is 7.97. The Labute approximate surface area is 211 Å². The van der Waals surface area contributed by atoms with Gasteiger partial charge in [-0.25, -0.2) is 9.97 Å². The molecule has 1 amide bonds. The molecule has 0 atom stereocenters. The van der Waals surface area contributed by atoms with E-state index in [1.54, 1.807) is 0 Å². The number of rotatable bonds is 6. The van der Waals surface area contributed by atoms with Gasteiger partial charge in [-0.05, 0) is 42.2 Å². The third kappa shape index (κ3) is 4.99. The molecule has 2 aromatic carbocycles. The molecule has 36 heavy (non-hydrogen) atoms. The van der Waals surface area contributed by atoms with Crippen molar-refractivity contribution in [3.8, 4) is 11.5 Å². The van der Waals surface area contributed by atoms with Crippen LogP contribution in [0.4, 0.5) is 5.69 Å². The van der Waals surface area contributed by atoms with Crippen molar-refractivity contribution in [1.82, 2.24) is 19.4 Å². The van der Waals surface area contributed by atoms with E-state index in [0.29, 0.717) is 5.89 Å². The molecule has 0 saturated carbocycles. The van der Waals surface area contributed by atoms with Gasteiger partial charge in [0.1, 0.15) is 17.9 Å².